The monoisotopic (exact) mass is 339 g/mol. The summed E-state index contributed by atoms with van der Waals surface area (Å²) in [5.41, 5.74) is 2.65. The Bertz CT molecular complexity index is 1400. The highest BCUT2D eigenvalue weighted by molar-refractivity contribution is 6.13. The second kappa shape index (κ2) is 5.33. The van der Waals surface area contributed by atoms with Crippen LogP contribution in [0.15, 0.2) is 65.5 Å². The molecule has 3 nitrogen and oxygen atoms in total. The fourth-order valence-corrected chi connectivity index (χ4v) is 3.84. The van der Waals surface area contributed by atoms with E-state index < -0.39 is 0 Å². The maximum atomic E-state index is 13.3. The Morgan fingerprint density at radius 2 is 1.58 bits per heavy atom. The Hall–Kier alpha value is -3.33. The van der Waals surface area contributed by atoms with Gasteiger partial charge in [0.1, 0.15) is 5.75 Å². The van der Waals surface area contributed by atoms with Crippen LogP contribution in [0.4, 0.5) is 0 Å². The molecule has 0 saturated heterocycles. The lowest BCUT2D eigenvalue weighted by molar-refractivity contribution is 0.412. The van der Waals surface area contributed by atoms with Crippen molar-refractivity contribution < 1.29 is 4.74 Å². The highest BCUT2D eigenvalue weighted by atomic mass is 16.5. The van der Waals surface area contributed by atoms with Crippen molar-refractivity contribution in [2.75, 3.05) is 7.11 Å². The summed E-state index contributed by atoms with van der Waals surface area (Å²) in [6.45, 7) is 1.96. The Labute approximate surface area is 149 Å². The Morgan fingerprint density at radius 3 is 2.35 bits per heavy atom. The van der Waals surface area contributed by atoms with E-state index in [9.17, 15) is 4.79 Å². The third kappa shape index (κ3) is 2.04. The van der Waals surface area contributed by atoms with Crippen LogP contribution in [-0.2, 0) is 0 Å². The van der Waals surface area contributed by atoms with Gasteiger partial charge in [0.2, 0.25) is 0 Å². The molecule has 0 atom stereocenters. The number of aryl methyl sites for hydroxylation is 1. The molecule has 1 N–H and O–H groups in total. The molecular weight excluding hydrogens is 322 g/mol. The molecule has 4 aromatic carbocycles. The maximum absolute atomic E-state index is 13.3. The van der Waals surface area contributed by atoms with Gasteiger partial charge < -0.3 is 9.72 Å². The Morgan fingerprint density at radius 1 is 0.808 bits per heavy atom. The molecule has 0 aliphatic heterocycles. The van der Waals surface area contributed by atoms with Gasteiger partial charge in [-0.1, -0.05) is 30.3 Å². The first kappa shape index (κ1) is 15.0. The van der Waals surface area contributed by atoms with Gasteiger partial charge in [0, 0.05) is 11.5 Å². The second-order valence-electron chi connectivity index (χ2n) is 6.73. The average Bonchev–Trinajstić information content (AvgIpc) is 2.66. The number of hydrogen-bond acceptors (Lipinski definition) is 2. The number of benzene rings is 4. The van der Waals surface area contributed by atoms with Crippen molar-refractivity contribution in [1.82, 2.24) is 4.98 Å². The number of methoxy groups -OCH3 is 1. The van der Waals surface area contributed by atoms with Crippen LogP contribution < -0.4 is 10.2 Å². The summed E-state index contributed by atoms with van der Waals surface area (Å²) in [5.74, 6) is 0.777. The van der Waals surface area contributed by atoms with Crippen molar-refractivity contribution in [1.29, 1.82) is 0 Å². The predicted molar refractivity (Wildman–Crippen MR) is 108 cm³/mol. The third-order valence-corrected chi connectivity index (χ3v) is 5.16. The van der Waals surface area contributed by atoms with E-state index in [0.717, 1.165) is 43.9 Å². The smallest absolute Gasteiger partial charge is 0.197 e. The molecule has 0 unspecified atom stereocenters. The van der Waals surface area contributed by atoms with Gasteiger partial charge in [-0.2, -0.15) is 0 Å². The summed E-state index contributed by atoms with van der Waals surface area (Å²) < 4.78 is 5.40. The van der Waals surface area contributed by atoms with Crippen LogP contribution >= 0.6 is 0 Å². The van der Waals surface area contributed by atoms with Crippen molar-refractivity contribution in [2.24, 2.45) is 0 Å². The molecule has 0 aliphatic rings. The van der Waals surface area contributed by atoms with Crippen LogP contribution in [-0.4, -0.2) is 12.1 Å². The standard InChI is InChI=1S/C23H17NO2/c1-13-9-18-20(12-21(13)26-2)24-19-8-7-16-10-14-5-3-4-6-15(14)11-17(16)22(19)23(18)25/h3-12H,1-2H3,(H,24,25). The van der Waals surface area contributed by atoms with Crippen LogP contribution in [0.2, 0.25) is 0 Å². The van der Waals surface area contributed by atoms with E-state index in [0.29, 0.717) is 5.39 Å². The zero-order valence-electron chi connectivity index (χ0n) is 14.6. The van der Waals surface area contributed by atoms with Crippen molar-refractivity contribution in [3.8, 4) is 5.75 Å². The molecule has 0 spiro atoms. The summed E-state index contributed by atoms with van der Waals surface area (Å²) in [6, 6.07) is 20.4. The van der Waals surface area contributed by atoms with E-state index >= 15 is 0 Å². The maximum Gasteiger partial charge on any atom is 0.197 e. The number of pyridine rings is 1. The molecule has 1 aromatic heterocycles. The van der Waals surface area contributed by atoms with Crippen LogP contribution in [0.5, 0.6) is 5.75 Å². The molecule has 1 heterocycles. The lowest BCUT2D eigenvalue weighted by Gasteiger charge is -2.10. The average molecular weight is 339 g/mol. The highest BCUT2D eigenvalue weighted by Gasteiger charge is 2.12. The lowest BCUT2D eigenvalue weighted by atomic mass is 9.98. The topological polar surface area (TPSA) is 42.1 Å². The van der Waals surface area contributed by atoms with Crippen molar-refractivity contribution in [3.05, 3.63) is 76.5 Å². The molecule has 0 radical (unpaired) electrons. The van der Waals surface area contributed by atoms with Crippen LogP contribution in [0.3, 0.4) is 0 Å². The summed E-state index contributed by atoms with van der Waals surface area (Å²) in [4.78, 5) is 16.7. The predicted octanol–water partition coefficient (Wildman–Crippen LogP) is 5.30. The van der Waals surface area contributed by atoms with Crippen molar-refractivity contribution in [3.63, 3.8) is 0 Å². The fourth-order valence-electron chi connectivity index (χ4n) is 3.84. The van der Waals surface area contributed by atoms with Crippen LogP contribution in [0.1, 0.15) is 5.56 Å². The first-order chi connectivity index (χ1) is 12.7. The number of nitrogens with one attached hydrogen (secondary N) is 1. The van der Waals surface area contributed by atoms with Gasteiger partial charge in [-0.05, 0) is 58.3 Å². The van der Waals surface area contributed by atoms with Crippen LogP contribution in [0, 0.1) is 6.92 Å². The molecule has 26 heavy (non-hydrogen) atoms. The van der Waals surface area contributed by atoms with Crippen molar-refractivity contribution >= 4 is 43.4 Å². The van der Waals surface area contributed by atoms with Gasteiger partial charge in [-0.15, -0.1) is 0 Å². The minimum atomic E-state index is 0.0559. The highest BCUT2D eigenvalue weighted by Crippen LogP contribution is 2.30. The van der Waals surface area contributed by atoms with Crippen LogP contribution in [0.25, 0.3) is 43.4 Å². The van der Waals surface area contributed by atoms with Crippen molar-refractivity contribution in [2.45, 2.75) is 6.92 Å². The van der Waals surface area contributed by atoms with Gasteiger partial charge in [-0.25, -0.2) is 0 Å². The van der Waals surface area contributed by atoms with E-state index in [2.05, 4.69) is 35.3 Å². The van der Waals surface area contributed by atoms with Gasteiger partial charge in [0.25, 0.3) is 0 Å². The lowest BCUT2D eigenvalue weighted by Crippen LogP contribution is -2.05. The number of aromatic nitrogens is 1. The molecule has 0 saturated carbocycles. The van der Waals surface area contributed by atoms with E-state index in [1.54, 1.807) is 7.11 Å². The van der Waals surface area contributed by atoms with E-state index in [1.807, 2.05) is 37.3 Å². The molecule has 126 valence electrons. The first-order valence-corrected chi connectivity index (χ1v) is 8.61. The number of hydrogen-bond donors (Lipinski definition) is 1. The minimum absolute atomic E-state index is 0.0559. The molecule has 0 amide bonds. The SMILES string of the molecule is COc1cc2[nH]c3ccc4cc5ccccc5cc4c3c(=O)c2cc1C. The molecule has 3 heteroatoms. The number of H-pyrrole nitrogens is 1. The van der Waals surface area contributed by atoms with Gasteiger partial charge in [0.05, 0.1) is 23.5 Å². The number of rotatable bonds is 1. The Kier molecular flexibility index (Phi) is 3.07. The molecule has 5 aromatic rings. The van der Waals surface area contributed by atoms with E-state index in [1.165, 1.54) is 5.39 Å². The molecule has 0 fully saturated rings. The van der Waals surface area contributed by atoms with E-state index in [-0.39, 0.29) is 5.43 Å². The summed E-state index contributed by atoms with van der Waals surface area (Å²) in [5, 5.41) is 5.81. The second-order valence-corrected chi connectivity index (χ2v) is 6.73. The summed E-state index contributed by atoms with van der Waals surface area (Å²) in [7, 11) is 1.64. The summed E-state index contributed by atoms with van der Waals surface area (Å²) >= 11 is 0. The van der Waals surface area contributed by atoms with E-state index in [4.69, 9.17) is 4.74 Å². The zero-order chi connectivity index (χ0) is 17.8. The quantitative estimate of drug-likeness (QED) is 0.332. The van der Waals surface area contributed by atoms with Gasteiger partial charge >= 0.3 is 0 Å². The number of fused-ring (bicyclic) bond motifs is 5. The number of aromatic amines is 1. The molecule has 0 aliphatic carbocycles. The third-order valence-electron chi connectivity index (χ3n) is 5.16. The Balaban J connectivity index is 1.99. The van der Waals surface area contributed by atoms with Gasteiger partial charge in [-0.3, -0.25) is 4.79 Å². The normalized spacial score (nSPS) is 11.6. The molecule has 0 bridgehead atoms. The minimum Gasteiger partial charge on any atom is -0.496 e. The number of ether oxygens (including phenoxy) is 1. The molecule has 5 rings (SSSR count). The largest absolute Gasteiger partial charge is 0.496 e. The summed E-state index contributed by atoms with van der Waals surface area (Å²) in [6.07, 6.45) is 0. The first-order valence-electron chi connectivity index (χ1n) is 8.61. The van der Waals surface area contributed by atoms with Gasteiger partial charge in [0.15, 0.2) is 5.43 Å². The molecular formula is C23H17NO2. The zero-order valence-corrected chi connectivity index (χ0v) is 14.6. The fraction of sp³-hybridized carbons (Fsp3) is 0.0870.